The van der Waals surface area contributed by atoms with E-state index >= 15 is 0 Å². The van der Waals surface area contributed by atoms with Crippen LogP contribution >= 0.6 is 0 Å². The summed E-state index contributed by atoms with van der Waals surface area (Å²) < 4.78 is 27.2. The highest BCUT2D eigenvalue weighted by Gasteiger charge is 2.22. The minimum Gasteiger partial charge on any atom is -0.493 e. The summed E-state index contributed by atoms with van der Waals surface area (Å²) in [6.45, 7) is 5.79. The molecule has 7 heteroatoms. The lowest BCUT2D eigenvalue weighted by Crippen LogP contribution is -2.27. The van der Waals surface area contributed by atoms with Gasteiger partial charge in [-0.25, -0.2) is 0 Å². The van der Waals surface area contributed by atoms with Gasteiger partial charge in [0.25, 0.3) is 5.91 Å². The van der Waals surface area contributed by atoms with E-state index in [4.69, 9.17) is 23.7 Å². The van der Waals surface area contributed by atoms with Crippen LogP contribution in [0.15, 0.2) is 30.3 Å². The summed E-state index contributed by atoms with van der Waals surface area (Å²) in [6, 6.07) is 8.63. The van der Waals surface area contributed by atoms with Crippen LogP contribution in [0.3, 0.4) is 0 Å². The van der Waals surface area contributed by atoms with Gasteiger partial charge < -0.3 is 29.0 Å². The molecule has 0 bridgehead atoms. The lowest BCUT2D eigenvalue weighted by molar-refractivity contribution is 0.0936. The third-order valence-electron chi connectivity index (χ3n) is 4.35. The molecule has 0 fully saturated rings. The molecule has 0 aromatic heterocycles. The van der Waals surface area contributed by atoms with Gasteiger partial charge in [-0.2, -0.15) is 0 Å². The predicted molar refractivity (Wildman–Crippen MR) is 111 cm³/mol. The second-order valence-corrected chi connectivity index (χ2v) is 6.65. The normalized spacial score (nSPS) is 11.6. The van der Waals surface area contributed by atoms with Gasteiger partial charge in [-0.3, -0.25) is 4.79 Å². The van der Waals surface area contributed by atoms with Crippen LogP contribution in [0, 0.1) is 0 Å². The number of hydrogen-bond donors (Lipinski definition) is 1. The number of hydrogen-bond acceptors (Lipinski definition) is 6. The van der Waals surface area contributed by atoms with Crippen molar-refractivity contribution >= 4 is 5.91 Å². The van der Waals surface area contributed by atoms with Crippen molar-refractivity contribution in [3.8, 4) is 28.7 Å². The summed E-state index contributed by atoms with van der Waals surface area (Å²) in [6.07, 6.45) is 0.0318. The van der Waals surface area contributed by atoms with Gasteiger partial charge in [0.05, 0.1) is 46.1 Å². The van der Waals surface area contributed by atoms with Crippen LogP contribution in [0.25, 0.3) is 0 Å². The molecule has 29 heavy (non-hydrogen) atoms. The monoisotopic (exact) mass is 403 g/mol. The van der Waals surface area contributed by atoms with Gasteiger partial charge in [0, 0.05) is 0 Å². The molecule has 7 nitrogen and oxygen atoms in total. The number of ether oxygens (including phenoxy) is 5. The zero-order chi connectivity index (χ0) is 21.6. The largest absolute Gasteiger partial charge is 0.493 e. The van der Waals surface area contributed by atoms with E-state index in [0.29, 0.717) is 34.3 Å². The van der Waals surface area contributed by atoms with Crippen LogP contribution in [-0.2, 0) is 0 Å². The highest BCUT2D eigenvalue weighted by molar-refractivity contribution is 5.98. The fraction of sp³-hybridized carbons (Fsp3) is 0.409. The van der Waals surface area contributed by atoms with Gasteiger partial charge >= 0.3 is 0 Å². The summed E-state index contributed by atoms with van der Waals surface area (Å²) in [5, 5.41) is 2.98. The molecule has 1 atom stereocenters. The van der Waals surface area contributed by atoms with Gasteiger partial charge in [0.1, 0.15) is 0 Å². The lowest BCUT2D eigenvalue weighted by Gasteiger charge is -2.20. The highest BCUT2D eigenvalue weighted by atomic mass is 16.5. The average Bonchev–Trinajstić information content (AvgIpc) is 2.71. The average molecular weight is 403 g/mol. The Labute approximate surface area is 171 Å². The molecule has 0 heterocycles. The molecule has 1 N–H and O–H groups in total. The van der Waals surface area contributed by atoms with Crippen LogP contribution in [0.5, 0.6) is 28.7 Å². The Morgan fingerprint density at radius 2 is 1.41 bits per heavy atom. The van der Waals surface area contributed by atoms with Gasteiger partial charge in [0.15, 0.2) is 23.0 Å². The molecule has 0 aliphatic rings. The van der Waals surface area contributed by atoms with E-state index in [-0.39, 0.29) is 18.1 Å². The molecule has 2 aromatic rings. The molecule has 2 aromatic carbocycles. The van der Waals surface area contributed by atoms with E-state index in [1.54, 1.807) is 19.2 Å². The quantitative estimate of drug-likeness (QED) is 0.682. The second-order valence-electron chi connectivity index (χ2n) is 6.65. The summed E-state index contributed by atoms with van der Waals surface area (Å²) in [4.78, 5) is 12.9. The van der Waals surface area contributed by atoms with Crippen molar-refractivity contribution in [1.82, 2.24) is 5.32 Å². The number of carbonyl (C=O) groups is 1. The van der Waals surface area contributed by atoms with E-state index in [0.717, 1.165) is 5.56 Å². The van der Waals surface area contributed by atoms with Crippen LogP contribution in [0.4, 0.5) is 0 Å². The third-order valence-corrected chi connectivity index (χ3v) is 4.35. The van der Waals surface area contributed by atoms with Gasteiger partial charge in [-0.15, -0.1) is 0 Å². The predicted octanol–water partition coefficient (Wildman–Crippen LogP) is 4.00. The summed E-state index contributed by atoms with van der Waals surface area (Å²) in [7, 11) is 6.09. The Kier molecular flexibility index (Phi) is 7.59. The van der Waals surface area contributed by atoms with Gasteiger partial charge in [-0.05, 0) is 50.6 Å². The first-order chi connectivity index (χ1) is 13.9. The molecule has 1 amide bonds. The van der Waals surface area contributed by atoms with E-state index in [1.165, 1.54) is 21.3 Å². The molecule has 0 radical (unpaired) electrons. The molecule has 0 saturated carbocycles. The van der Waals surface area contributed by atoms with Crippen molar-refractivity contribution < 1.29 is 28.5 Å². The van der Waals surface area contributed by atoms with Crippen molar-refractivity contribution in [2.24, 2.45) is 0 Å². The van der Waals surface area contributed by atoms with E-state index in [2.05, 4.69) is 5.32 Å². The smallest absolute Gasteiger partial charge is 0.255 e. The Morgan fingerprint density at radius 1 is 0.793 bits per heavy atom. The second kappa shape index (κ2) is 9.91. The SMILES string of the molecule is COc1cc(C(C)NC(=O)c2ccc(OC)c(OC)c2OC)ccc1OC(C)C. The van der Waals surface area contributed by atoms with Crippen LogP contribution in [-0.4, -0.2) is 40.5 Å². The van der Waals surface area contributed by atoms with Crippen molar-refractivity contribution in [3.05, 3.63) is 41.5 Å². The Morgan fingerprint density at radius 3 is 1.97 bits per heavy atom. The first-order valence-electron chi connectivity index (χ1n) is 9.30. The van der Waals surface area contributed by atoms with E-state index in [1.807, 2.05) is 39.0 Å². The third kappa shape index (κ3) is 5.04. The number of benzene rings is 2. The molecule has 0 spiro atoms. The minimum atomic E-state index is -0.295. The van der Waals surface area contributed by atoms with Crippen LogP contribution in [0.1, 0.15) is 42.7 Å². The van der Waals surface area contributed by atoms with Gasteiger partial charge in [0.2, 0.25) is 5.75 Å². The van der Waals surface area contributed by atoms with Crippen molar-refractivity contribution in [2.45, 2.75) is 32.9 Å². The van der Waals surface area contributed by atoms with Crippen LogP contribution in [0.2, 0.25) is 0 Å². The Hall–Kier alpha value is -3.09. The summed E-state index contributed by atoms with van der Waals surface area (Å²) in [5.41, 5.74) is 1.23. The maximum absolute atomic E-state index is 12.9. The number of carbonyl (C=O) groups excluding carboxylic acids is 1. The van der Waals surface area contributed by atoms with Crippen molar-refractivity contribution in [3.63, 3.8) is 0 Å². The first-order valence-corrected chi connectivity index (χ1v) is 9.30. The van der Waals surface area contributed by atoms with Crippen LogP contribution < -0.4 is 29.0 Å². The number of nitrogens with one attached hydrogen (secondary N) is 1. The molecule has 0 saturated heterocycles. The fourth-order valence-electron chi connectivity index (χ4n) is 2.94. The molecule has 0 aliphatic heterocycles. The number of methoxy groups -OCH3 is 4. The zero-order valence-corrected chi connectivity index (χ0v) is 18.0. The van der Waals surface area contributed by atoms with Crippen molar-refractivity contribution in [2.75, 3.05) is 28.4 Å². The van der Waals surface area contributed by atoms with E-state index < -0.39 is 0 Å². The lowest BCUT2D eigenvalue weighted by atomic mass is 10.1. The maximum atomic E-state index is 12.9. The maximum Gasteiger partial charge on any atom is 0.255 e. The minimum absolute atomic E-state index is 0.0318. The molecule has 0 aliphatic carbocycles. The van der Waals surface area contributed by atoms with E-state index in [9.17, 15) is 4.79 Å². The summed E-state index contributed by atoms with van der Waals surface area (Å²) >= 11 is 0. The number of amides is 1. The van der Waals surface area contributed by atoms with Crippen molar-refractivity contribution in [1.29, 1.82) is 0 Å². The molecule has 1 unspecified atom stereocenters. The standard InChI is InChI=1S/C22H29NO6/c1-13(2)29-17-10-8-15(12-19(17)26-5)14(3)23-22(24)16-9-11-18(25-4)21(28-7)20(16)27-6/h8-14H,1-7H3,(H,23,24). The molecular weight excluding hydrogens is 374 g/mol. The topological polar surface area (TPSA) is 75.3 Å². The first kappa shape index (κ1) is 22.2. The molecular formula is C22H29NO6. The molecule has 2 rings (SSSR count). The van der Waals surface area contributed by atoms with Gasteiger partial charge in [-0.1, -0.05) is 6.07 Å². The fourth-order valence-corrected chi connectivity index (χ4v) is 2.94. The Bertz CT molecular complexity index is 849. The number of rotatable bonds is 9. The summed E-state index contributed by atoms with van der Waals surface area (Å²) in [5.74, 6) is 2.14. The molecule has 158 valence electrons. The Balaban J connectivity index is 2.27. The zero-order valence-electron chi connectivity index (χ0n) is 18.0. The highest BCUT2D eigenvalue weighted by Crippen LogP contribution is 2.40.